The maximum absolute atomic E-state index is 11.8. The number of nitrogens with one attached hydrogen (secondary N) is 1. The molecule has 1 aromatic heterocycles. The molecule has 0 unspecified atom stereocenters. The molecule has 0 atom stereocenters. The molecule has 0 aromatic carbocycles. The van der Waals surface area contributed by atoms with Crippen molar-refractivity contribution in [1.29, 1.82) is 0 Å². The lowest BCUT2D eigenvalue weighted by atomic mass is 10.2. The van der Waals surface area contributed by atoms with Crippen molar-refractivity contribution in [3.8, 4) is 0 Å². The molecule has 0 aliphatic heterocycles. The number of carbonyl (C=O) groups excluding carboxylic acids is 1. The number of allylic oxidation sites excluding steroid dienone is 2. The third-order valence-electron chi connectivity index (χ3n) is 2.43. The van der Waals surface area contributed by atoms with E-state index in [2.05, 4.69) is 36.3 Å². The number of carbonyl (C=O) groups is 1. The van der Waals surface area contributed by atoms with Gasteiger partial charge in [0.25, 0.3) is 5.91 Å². The highest BCUT2D eigenvalue weighted by atomic mass is 32.2. The lowest BCUT2D eigenvalue weighted by Gasteiger charge is -2.01. The number of aromatic nitrogens is 1. The molecule has 0 spiro atoms. The molecule has 1 aromatic rings. The third-order valence-corrected chi connectivity index (χ3v) is 4.47. The standard InChI is InChI=1S/C14H22N2OS2/c1-3-5-6-7-8-9-10-15-13(17)12-11-16-14(19-12)18-4-2/h6-7,11H,3-5,8-10H2,1-2H3,(H,15,17)/b7-6-. The SMILES string of the molecule is CCC/C=C\CCCNC(=O)c1cnc(SCC)s1. The highest BCUT2D eigenvalue weighted by molar-refractivity contribution is 8.01. The molecule has 0 saturated heterocycles. The first-order valence-electron chi connectivity index (χ1n) is 6.79. The zero-order chi connectivity index (χ0) is 13.9. The Bertz CT molecular complexity index is 402. The molecule has 106 valence electrons. The fourth-order valence-electron chi connectivity index (χ4n) is 1.46. The van der Waals surface area contributed by atoms with Gasteiger partial charge in [0.05, 0.1) is 6.20 Å². The van der Waals surface area contributed by atoms with Gasteiger partial charge in [0.2, 0.25) is 0 Å². The van der Waals surface area contributed by atoms with Gasteiger partial charge < -0.3 is 5.32 Å². The Balaban J connectivity index is 2.19. The Morgan fingerprint density at radius 3 is 2.95 bits per heavy atom. The van der Waals surface area contributed by atoms with E-state index in [4.69, 9.17) is 0 Å². The van der Waals surface area contributed by atoms with Crippen molar-refractivity contribution in [3.05, 3.63) is 23.2 Å². The van der Waals surface area contributed by atoms with Gasteiger partial charge in [0.1, 0.15) is 4.88 Å². The first kappa shape index (κ1) is 16.2. The van der Waals surface area contributed by atoms with Gasteiger partial charge in [-0.05, 0) is 25.0 Å². The zero-order valence-corrected chi connectivity index (χ0v) is 13.3. The zero-order valence-electron chi connectivity index (χ0n) is 11.6. The summed E-state index contributed by atoms with van der Waals surface area (Å²) in [6, 6.07) is 0. The number of unbranched alkanes of at least 4 members (excludes halogenated alkanes) is 2. The van der Waals surface area contributed by atoms with Crippen LogP contribution in [-0.4, -0.2) is 23.2 Å². The Kier molecular flexibility index (Phi) is 8.58. The minimum absolute atomic E-state index is 0.00186. The third kappa shape index (κ3) is 6.78. The van der Waals surface area contributed by atoms with E-state index in [1.165, 1.54) is 17.8 Å². The minimum atomic E-state index is -0.00186. The Morgan fingerprint density at radius 1 is 1.42 bits per heavy atom. The fraction of sp³-hybridized carbons (Fsp3) is 0.571. The lowest BCUT2D eigenvalue weighted by molar-refractivity contribution is 0.0957. The topological polar surface area (TPSA) is 42.0 Å². The van der Waals surface area contributed by atoms with Crippen LogP contribution in [0.15, 0.2) is 22.7 Å². The summed E-state index contributed by atoms with van der Waals surface area (Å²) >= 11 is 3.14. The molecule has 0 fully saturated rings. The van der Waals surface area contributed by atoms with Gasteiger partial charge in [0.15, 0.2) is 4.34 Å². The summed E-state index contributed by atoms with van der Waals surface area (Å²) in [5.74, 6) is 0.983. The molecular weight excluding hydrogens is 276 g/mol. The summed E-state index contributed by atoms with van der Waals surface area (Å²) in [7, 11) is 0. The van der Waals surface area contributed by atoms with Crippen LogP contribution in [-0.2, 0) is 0 Å². The maximum atomic E-state index is 11.8. The van der Waals surface area contributed by atoms with Crippen molar-refractivity contribution >= 4 is 29.0 Å². The lowest BCUT2D eigenvalue weighted by Crippen LogP contribution is -2.23. The molecule has 1 N–H and O–H groups in total. The molecule has 0 saturated carbocycles. The second-order valence-corrected chi connectivity index (χ2v) is 6.62. The van der Waals surface area contributed by atoms with Crippen LogP contribution in [0.25, 0.3) is 0 Å². The number of thioether (sulfide) groups is 1. The summed E-state index contributed by atoms with van der Waals surface area (Å²) in [5.41, 5.74) is 0. The fourth-order valence-corrected chi connectivity index (χ4v) is 3.26. The number of rotatable bonds is 9. The van der Waals surface area contributed by atoms with Crippen LogP contribution in [0.5, 0.6) is 0 Å². The van der Waals surface area contributed by atoms with Gasteiger partial charge in [-0.1, -0.05) is 44.2 Å². The van der Waals surface area contributed by atoms with Gasteiger partial charge >= 0.3 is 0 Å². The predicted molar refractivity (Wildman–Crippen MR) is 84.1 cm³/mol. The van der Waals surface area contributed by atoms with E-state index in [1.54, 1.807) is 18.0 Å². The van der Waals surface area contributed by atoms with Crippen LogP contribution in [0.2, 0.25) is 0 Å². The second-order valence-electron chi connectivity index (χ2n) is 4.08. The van der Waals surface area contributed by atoms with Gasteiger partial charge in [0, 0.05) is 6.54 Å². The van der Waals surface area contributed by atoms with Crippen LogP contribution >= 0.6 is 23.1 Å². The Hall–Kier alpha value is -0.810. The highest BCUT2D eigenvalue weighted by Gasteiger charge is 2.09. The first-order chi connectivity index (χ1) is 9.27. The number of hydrogen-bond donors (Lipinski definition) is 1. The maximum Gasteiger partial charge on any atom is 0.263 e. The van der Waals surface area contributed by atoms with Crippen molar-refractivity contribution in [2.75, 3.05) is 12.3 Å². The highest BCUT2D eigenvalue weighted by Crippen LogP contribution is 2.23. The van der Waals surface area contributed by atoms with Crippen LogP contribution < -0.4 is 5.32 Å². The summed E-state index contributed by atoms with van der Waals surface area (Å²) < 4.78 is 0.968. The molecular formula is C14H22N2OS2. The molecule has 0 aliphatic rings. The predicted octanol–water partition coefficient (Wildman–Crippen LogP) is 4.12. The number of thiazole rings is 1. The van der Waals surface area contributed by atoms with Crippen molar-refractivity contribution in [2.24, 2.45) is 0 Å². The van der Waals surface area contributed by atoms with Crippen LogP contribution in [0.4, 0.5) is 0 Å². The molecule has 1 heterocycles. The molecule has 1 amide bonds. The number of nitrogens with zero attached hydrogens (tertiary/aromatic N) is 1. The molecule has 1 rings (SSSR count). The average Bonchev–Trinajstić information content (AvgIpc) is 2.87. The smallest absolute Gasteiger partial charge is 0.263 e. The van der Waals surface area contributed by atoms with E-state index >= 15 is 0 Å². The monoisotopic (exact) mass is 298 g/mol. The van der Waals surface area contributed by atoms with Gasteiger partial charge in [-0.3, -0.25) is 4.79 Å². The quantitative estimate of drug-likeness (QED) is 0.423. The number of hydrogen-bond acceptors (Lipinski definition) is 4. The molecule has 19 heavy (non-hydrogen) atoms. The average molecular weight is 298 g/mol. The summed E-state index contributed by atoms with van der Waals surface area (Å²) in [6.45, 7) is 4.98. The second kappa shape index (κ2) is 10.0. The van der Waals surface area contributed by atoms with E-state index in [0.29, 0.717) is 4.88 Å². The van der Waals surface area contributed by atoms with Crippen molar-refractivity contribution in [1.82, 2.24) is 10.3 Å². The molecule has 0 radical (unpaired) electrons. The van der Waals surface area contributed by atoms with E-state index in [0.717, 1.165) is 35.9 Å². The van der Waals surface area contributed by atoms with Gasteiger partial charge in [-0.15, -0.1) is 11.3 Å². The van der Waals surface area contributed by atoms with Crippen LogP contribution in [0.1, 0.15) is 49.2 Å². The van der Waals surface area contributed by atoms with Crippen molar-refractivity contribution in [2.45, 2.75) is 43.9 Å². The van der Waals surface area contributed by atoms with E-state index in [-0.39, 0.29) is 5.91 Å². The van der Waals surface area contributed by atoms with E-state index in [9.17, 15) is 4.79 Å². The van der Waals surface area contributed by atoms with Crippen LogP contribution in [0, 0.1) is 0 Å². The van der Waals surface area contributed by atoms with E-state index in [1.807, 2.05) is 0 Å². The molecule has 5 heteroatoms. The van der Waals surface area contributed by atoms with Crippen molar-refractivity contribution < 1.29 is 4.79 Å². The van der Waals surface area contributed by atoms with Crippen molar-refractivity contribution in [3.63, 3.8) is 0 Å². The molecule has 0 bridgehead atoms. The summed E-state index contributed by atoms with van der Waals surface area (Å²) in [4.78, 5) is 16.8. The molecule has 0 aliphatic carbocycles. The summed E-state index contributed by atoms with van der Waals surface area (Å²) in [5, 5.41) is 2.93. The van der Waals surface area contributed by atoms with Crippen LogP contribution in [0.3, 0.4) is 0 Å². The normalized spacial score (nSPS) is 11.1. The van der Waals surface area contributed by atoms with Gasteiger partial charge in [-0.2, -0.15) is 0 Å². The Labute approximate surface area is 123 Å². The Morgan fingerprint density at radius 2 is 2.21 bits per heavy atom. The van der Waals surface area contributed by atoms with E-state index < -0.39 is 0 Å². The summed E-state index contributed by atoms with van der Waals surface area (Å²) in [6.07, 6.45) is 10.4. The minimum Gasteiger partial charge on any atom is -0.351 e. The number of amides is 1. The first-order valence-corrected chi connectivity index (χ1v) is 8.60. The molecule has 3 nitrogen and oxygen atoms in total. The van der Waals surface area contributed by atoms with Gasteiger partial charge in [-0.25, -0.2) is 4.98 Å². The largest absolute Gasteiger partial charge is 0.351 e.